The van der Waals surface area contributed by atoms with E-state index in [1.807, 2.05) is 0 Å². The van der Waals surface area contributed by atoms with Crippen LogP contribution in [0.5, 0.6) is 0 Å². The van der Waals surface area contributed by atoms with E-state index < -0.39 is 0 Å². The standard InChI is InChI=1S/C29H27Cl/c1-28(2,3)19-12-16-6-7-18-14-24-27(22-10-8-17(13-19)25(16)26(18)22)21-11-9-20(30)15-23(21)29(24,4)5/h6-15,21,23H,1-5H3. The number of hydrogen-bond acceptors (Lipinski definition) is 0. The van der Waals surface area contributed by atoms with Crippen molar-refractivity contribution in [2.75, 3.05) is 0 Å². The molecule has 0 saturated heterocycles. The van der Waals surface area contributed by atoms with Gasteiger partial charge in [0.05, 0.1) is 0 Å². The molecule has 0 heterocycles. The Labute approximate surface area is 183 Å². The first-order valence-corrected chi connectivity index (χ1v) is 11.4. The van der Waals surface area contributed by atoms with Crippen molar-refractivity contribution in [3.05, 3.63) is 82.4 Å². The van der Waals surface area contributed by atoms with E-state index in [-0.39, 0.29) is 10.8 Å². The molecule has 0 bridgehead atoms. The monoisotopic (exact) mass is 410 g/mol. The van der Waals surface area contributed by atoms with Crippen LogP contribution in [0, 0.1) is 5.92 Å². The summed E-state index contributed by atoms with van der Waals surface area (Å²) in [5, 5.41) is 9.19. The Morgan fingerprint density at radius 3 is 2.17 bits per heavy atom. The first-order valence-electron chi connectivity index (χ1n) is 11.0. The van der Waals surface area contributed by atoms with Crippen LogP contribution in [0.3, 0.4) is 0 Å². The van der Waals surface area contributed by atoms with Crippen molar-refractivity contribution in [3.8, 4) is 0 Å². The van der Waals surface area contributed by atoms with E-state index in [1.165, 1.54) is 49.0 Å². The summed E-state index contributed by atoms with van der Waals surface area (Å²) >= 11 is 6.43. The maximum absolute atomic E-state index is 6.43. The lowest BCUT2D eigenvalue weighted by Gasteiger charge is -2.30. The number of rotatable bonds is 0. The molecule has 0 N–H and O–H groups in total. The molecule has 30 heavy (non-hydrogen) atoms. The van der Waals surface area contributed by atoms with Crippen LogP contribution in [-0.2, 0) is 10.8 Å². The van der Waals surface area contributed by atoms with Gasteiger partial charge >= 0.3 is 0 Å². The van der Waals surface area contributed by atoms with Gasteiger partial charge in [-0.1, -0.05) is 101 Å². The lowest BCUT2D eigenvalue weighted by Crippen LogP contribution is -2.25. The summed E-state index contributed by atoms with van der Waals surface area (Å²) in [5.41, 5.74) is 4.58. The topological polar surface area (TPSA) is 0 Å². The fourth-order valence-electron chi connectivity index (χ4n) is 6.00. The maximum Gasteiger partial charge on any atom is 0.0366 e. The Kier molecular flexibility index (Phi) is 3.49. The lowest BCUT2D eigenvalue weighted by molar-refractivity contribution is 0.394. The normalized spacial score (nSPS) is 22.7. The number of allylic oxidation sites excluding steroid dienone is 4. The van der Waals surface area contributed by atoms with Crippen molar-refractivity contribution in [2.24, 2.45) is 5.92 Å². The Hall–Kier alpha value is -2.31. The highest BCUT2D eigenvalue weighted by atomic mass is 35.5. The van der Waals surface area contributed by atoms with Crippen LogP contribution < -0.4 is 0 Å². The van der Waals surface area contributed by atoms with Crippen LogP contribution in [0.2, 0.25) is 0 Å². The molecule has 0 amide bonds. The fraction of sp³-hybridized carbons (Fsp3) is 0.310. The largest absolute Gasteiger partial charge is 0.0847 e. The minimum absolute atomic E-state index is 0.0642. The summed E-state index contributed by atoms with van der Waals surface area (Å²) in [6, 6.07) is 16.6. The molecule has 0 fully saturated rings. The zero-order valence-corrected chi connectivity index (χ0v) is 19.1. The molecule has 0 aliphatic heterocycles. The third-order valence-electron chi connectivity index (χ3n) is 7.67. The van der Waals surface area contributed by atoms with Gasteiger partial charge in [0.2, 0.25) is 0 Å². The van der Waals surface area contributed by atoms with E-state index in [9.17, 15) is 0 Å². The molecule has 2 aliphatic rings. The van der Waals surface area contributed by atoms with Crippen LogP contribution in [0.1, 0.15) is 57.2 Å². The highest BCUT2D eigenvalue weighted by Crippen LogP contribution is 2.57. The first-order chi connectivity index (χ1) is 14.2. The predicted octanol–water partition coefficient (Wildman–Crippen LogP) is 8.57. The van der Waals surface area contributed by atoms with Gasteiger partial charge in [0.15, 0.2) is 0 Å². The van der Waals surface area contributed by atoms with Gasteiger partial charge in [0.25, 0.3) is 0 Å². The third kappa shape index (κ3) is 2.29. The van der Waals surface area contributed by atoms with Gasteiger partial charge in [-0.25, -0.2) is 0 Å². The smallest absolute Gasteiger partial charge is 0.0366 e. The van der Waals surface area contributed by atoms with Gasteiger partial charge in [0.1, 0.15) is 0 Å². The van der Waals surface area contributed by atoms with E-state index in [2.05, 4.69) is 95.3 Å². The Balaban J connectivity index is 1.74. The minimum atomic E-state index is 0.0642. The molecule has 2 atom stereocenters. The maximum atomic E-state index is 6.43. The summed E-state index contributed by atoms with van der Waals surface area (Å²) in [4.78, 5) is 0. The molecule has 6 rings (SSSR count). The third-order valence-corrected chi connectivity index (χ3v) is 7.93. The zero-order valence-electron chi connectivity index (χ0n) is 18.3. The number of halogens is 1. The Morgan fingerprint density at radius 1 is 0.867 bits per heavy atom. The van der Waals surface area contributed by atoms with E-state index in [1.54, 1.807) is 0 Å². The zero-order chi connectivity index (χ0) is 21.0. The van der Waals surface area contributed by atoms with E-state index >= 15 is 0 Å². The molecule has 4 aromatic carbocycles. The molecular formula is C29H27Cl. The predicted molar refractivity (Wildman–Crippen MR) is 131 cm³/mol. The Bertz CT molecular complexity index is 1390. The molecule has 2 aliphatic carbocycles. The Morgan fingerprint density at radius 2 is 1.50 bits per heavy atom. The molecule has 0 spiro atoms. The molecule has 0 saturated carbocycles. The van der Waals surface area contributed by atoms with Crippen molar-refractivity contribution in [3.63, 3.8) is 0 Å². The summed E-state index contributed by atoms with van der Waals surface area (Å²) in [6.07, 6.45) is 6.69. The fourth-order valence-corrected chi connectivity index (χ4v) is 6.21. The molecule has 0 aromatic heterocycles. The number of benzene rings is 4. The number of hydrogen-bond donors (Lipinski definition) is 0. The van der Waals surface area contributed by atoms with Gasteiger partial charge in [-0.2, -0.15) is 0 Å². The van der Waals surface area contributed by atoms with E-state index in [4.69, 9.17) is 11.6 Å². The van der Waals surface area contributed by atoms with Gasteiger partial charge in [-0.3, -0.25) is 0 Å². The van der Waals surface area contributed by atoms with Gasteiger partial charge in [0, 0.05) is 11.0 Å². The molecular weight excluding hydrogens is 384 g/mol. The van der Waals surface area contributed by atoms with E-state index in [0.29, 0.717) is 11.8 Å². The summed E-state index contributed by atoms with van der Waals surface area (Å²) in [7, 11) is 0. The molecule has 1 heteroatoms. The molecule has 0 nitrogen and oxygen atoms in total. The summed E-state index contributed by atoms with van der Waals surface area (Å²) in [6.45, 7) is 11.6. The lowest BCUT2D eigenvalue weighted by atomic mass is 9.74. The van der Waals surface area contributed by atoms with Gasteiger partial charge in [-0.05, 0) is 71.8 Å². The van der Waals surface area contributed by atoms with Crippen LogP contribution in [0.4, 0.5) is 0 Å². The average Bonchev–Trinajstić information content (AvgIpc) is 2.91. The van der Waals surface area contributed by atoms with Crippen LogP contribution in [-0.4, -0.2) is 0 Å². The summed E-state index contributed by atoms with van der Waals surface area (Å²) < 4.78 is 0. The molecule has 2 unspecified atom stereocenters. The summed E-state index contributed by atoms with van der Waals surface area (Å²) in [5.74, 6) is 0.804. The van der Waals surface area contributed by atoms with Gasteiger partial charge < -0.3 is 0 Å². The van der Waals surface area contributed by atoms with Crippen molar-refractivity contribution in [1.29, 1.82) is 0 Å². The number of fused-ring (bicyclic) bond motifs is 4. The molecule has 0 radical (unpaired) electrons. The van der Waals surface area contributed by atoms with Crippen molar-refractivity contribution in [1.82, 2.24) is 0 Å². The minimum Gasteiger partial charge on any atom is -0.0847 e. The average molecular weight is 411 g/mol. The van der Waals surface area contributed by atoms with Crippen molar-refractivity contribution in [2.45, 2.75) is 51.4 Å². The van der Waals surface area contributed by atoms with Crippen molar-refractivity contribution >= 4 is 43.9 Å². The second-order valence-electron chi connectivity index (χ2n) is 10.8. The van der Waals surface area contributed by atoms with Gasteiger partial charge in [-0.15, -0.1) is 0 Å². The SMILES string of the molecule is CC(C)(C)c1cc2ccc3cc4c(c5ccc(c1)c2c35)C1C=CC(Cl)=CC1C4(C)C. The molecule has 150 valence electrons. The van der Waals surface area contributed by atoms with Crippen LogP contribution in [0.25, 0.3) is 32.3 Å². The van der Waals surface area contributed by atoms with E-state index in [0.717, 1.165) is 5.03 Å². The first kappa shape index (κ1) is 18.5. The van der Waals surface area contributed by atoms with Crippen molar-refractivity contribution < 1.29 is 0 Å². The van der Waals surface area contributed by atoms with Crippen LogP contribution in [0.15, 0.2) is 65.7 Å². The second kappa shape index (κ2) is 5.68. The van der Waals surface area contributed by atoms with Crippen LogP contribution >= 0.6 is 11.6 Å². The molecule has 4 aromatic rings. The second-order valence-corrected chi connectivity index (χ2v) is 11.3. The highest BCUT2D eigenvalue weighted by molar-refractivity contribution is 6.31. The quantitative estimate of drug-likeness (QED) is 0.254. The highest BCUT2D eigenvalue weighted by Gasteiger charge is 2.46.